The van der Waals surface area contributed by atoms with Crippen LogP contribution in [0.15, 0.2) is 61.2 Å². The molecule has 8 nitrogen and oxygen atoms in total. The van der Waals surface area contributed by atoms with Gasteiger partial charge in [0.05, 0.1) is 18.8 Å². The third-order valence-corrected chi connectivity index (χ3v) is 6.82. The summed E-state index contributed by atoms with van der Waals surface area (Å²) in [5, 5.41) is 0. The van der Waals surface area contributed by atoms with Gasteiger partial charge >= 0.3 is 18.1 Å². The van der Waals surface area contributed by atoms with Crippen LogP contribution in [0, 0.1) is 17.8 Å². The zero-order valence-electron chi connectivity index (χ0n) is 22.9. The number of rotatable bonds is 12. The molecular formula is C31H38O8. The minimum Gasteiger partial charge on any atom is -0.460 e. The quantitative estimate of drug-likeness (QED) is 0.103. The average molecular weight is 539 g/mol. The van der Waals surface area contributed by atoms with Crippen LogP contribution >= 0.6 is 0 Å². The van der Waals surface area contributed by atoms with Gasteiger partial charge in [0.25, 0.3) is 0 Å². The van der Waals surface area contributed by atoms with Crippen LogP contribution in [-0.2, 0) is 23.7 Å². The van der Waals surface area contributed by atoms with E-state index < -0.39 is 12.1 Å². The number of benzene rings is 2. The summed E-state index contributed by atoms with van der Waals surface area (Å²) in [5.74, 6) is 0.974. The third kappa shape index (κ3) is 9.55. The van der Waals surface area contributed by atoms with E-state index >= 15 is 0 Å². The molecule has 1 fully saturated rings. The van der Waals surface area contributed by atoms with E-state index in [1.807, 2.05) is 24.3 Å². The van der Waals surface area contributed by atoms with E-state index in [-0.39, 0.29) is 38.5 Å². The fraction of sp³-hybridized carbons (Fsp3) is 0.452. The Hall–Kier alpha value is -3.65. The Kier molecular flexibility index (Phi) is 11.6. The largest absolute Gasteiger partial charge is 0.513 e. The van der Waals surface area contributed by atoms with Crippen molar-refractivity contribution in [3.63, 3.8) is 0 Å². The highest BCUT2D eigenvalue weighted by Gasteiger charge is 2.33. The normalized spacial score (nSPS) is 18.7. The van der Waals surface area contributed by atoms with Crippen LogP contribution in [-0.4, -0.2) is 50.6 Å². The van der Waals surface area contributed by atoms with Gasteiger partial charge < -0.3 is 23.7 Å². The minimum atomic E-state index is -0.848. The molecule has 0 aliphatic heterocycles. The monoisotopic (exact) mass is 538 g/mol. The van der Waals surface area contributed by atoms with Crippen LogP contribution in [0.1, 0.15) is 50.4 Å². The van der Waals surface area contributed by atoms with E-state index in [0.29, 0.717) is 29.1 Å². The Morgan fingerprint density at radius 3 is 2.13 bits per heavy atom. The molecule has 1 aliphatic carbocycles. The molecule has 0 heterocycles. The Morgan fingerprint density at radius 1 is 0.897 bits per heavy atom. The molecule has 3 rings (SSSR count). The smallest absolute Gasteiger partial charge is 0.460 e. The molecule has 0 N–H and O–H groups in total. The zero-order valence-corrected chi connectivity index (χ0v) is 22.9. The first-order chi connectivity index (χ1) is 18.8. The van der Waals surface area contributed by atoms with Crippen molar-refractivity contribution in [3.05, 3.63) is 66.7 Å². The first-order valence-electron chi connectivity index (χ1n) is 13.4. The van der Waals surface area contributed by atoms with Gasteiger partial charge in [0.1, 0.15) is 25.1 Å². The summed E-state index contributed by atoms with van der Waals surface area (Å²) in [7, 11) is 0. The van der Waals surface area contributed by atoms with Gasteiger partial charge in [-0.25, -0.2) is 14.4 Å². The van der Waals surface area contributed by atoms with Crippen molar-refractivity contribution in [3.8, 4) is 16.9 Å². The first kappa shape index (κ1) is 29.9. The zero-order chi connectivity index (χ0) is 28.2. The van der Waals surface area contributed by atoms with E-state index in [1.165, 1.54) is 6.42 Å². The summed E-state index contributed by atoms with van der Waals surface area (Å²) in [4.78, 5) is 35.6. The molecular weight excluding hydrogens is 500 g/mol. The molecule has 2 aromatic carbocycles. The predicted octanol–water partition coefficient (Wildman–Crippen LogP) is 6.23. The van der Waals surface area contributed by atoms with Crippen molar-refractivity contribution in [2.75, 3.05) is 26.4 Å². The SMILES string of the molecule is C=CC(=O)OCCOCCOC(=O)Oc1ccc(-c2ccc(C(=O)OC3CC(C)CCC3C(C)C)cc2)cc1. The highest BCUT2D eigenvalue weighted by molar-refractivity contribution is 5.90. The van der Waals surface area contributed by atoms with Gasteiger partial charge in [-0.3, -0.25) is 0 Å². The lowest BCUT2D eigenvalue weighted by atomic mass is 9.75. The summed E-state index contributed by atoms with van der Waals surface area (Å²) < 4.78 is 26.1. The maximum absolute atomic E-state index is 12.8. The van der Waals surface area contributed by atoms with Crippen LogP contribution < -0.4 is 4.74 Å². The van der Waals surface area contributed by atoms with Crippen LogP contribution in [0.5, 0.6) is 5.75 Å². The highest BCUT2D eigenvalue weighted by atomic mass is 16.7. The lowest BCUT2D eigenvalue weighted by Gasteiger charge is -2.36. The van der Waals surface area contributed by atoms with Gasteiger partial charge in [-0.1, -0.05) is 58.0 Å². The molecule has 3 unspecified atom stereocenters. The number of carbonyl (C=O) groups excluding carboxylic acids is 3. The lowest BCUT2D eigenvalue weighted by Crippen LogP contribution is -2.35. The Bertz CT molecular complexity index is 1090. The second kappa shape index (κ2) is 15.1. The first-order valence-corrected chi connectivity index (χ1v) is 13.4. The lowest BCUT2D eigenvalue weighted by molar-refractivity contribution is -0.139. The van der Waals surface area contributed by atoms with Gasteiger partial charge in [0.15, 0.2) is 0 Å². The van der Waals surface area contributed by atoms with Crippen LogP contribution in [0.4, 0.5) is 4.79 Å². The summed E-state index contributed by atoms with van der Waals surface area (Å²) >= 11 is 0. The van der Waals surface area contributed by atoms with Gasteiger partial charge in [-0.05, 0) is 66.0 Å². The van der Waals surface area contributed by atoms with E-state index in [0.717, 1.165) is 30.0 Å². The maximum Gasteiger partial charge on any atom is 0.513 e. The maximum atomic E-state index is 12.8. The molecule has 0 aromatic heterocycles. The molecule has 0 spiro atoms. The van der Waals surface area contributed by atoms with Gasteiger partial charge in [-0.15, -0.1) is 0 Å². The van der Waals surface area contributed by atoms with E-state index in [4.69, 9.17) is 23.7 Å². The van der Waals surface area contributed by atoms with E-state index in [9.17, 15) is 14.4 Å². The van der Waals surface area contributed by atoms with Crippen molar-refractivity contribution in [1.29, 1.82) is 0 Å². The summed E-state index contributed by atoms with van der Waals surface area (Å²) in [6.07, 6.45) is 3.38. The molecule has 0 bridgehead atoms. The van der Waals surface area contributed by atoms with Crippen molar-refractivity contribution < 1.29 is 38.1 Å². The molecule has 0 amide bonds. The molecule has 8 heteroatoms. The van der Waals surface area contributed by atoms with Crippen LogP contribution in [0.25, 0.3) is 11.1 Å². The number of hydrogen-bond donors (Lipinski definition) is 0. The summed E-state index contributed by atoms with van der Waals surface area (Å²) in [6.45, 7) is 10.3. The number of ether oxygens (including phenoxy) is 5. The van der Waals surface area contributed by atoms with Gasteiger partial charge in [-0.2, -0.15) is 0 Å². The molecule has 0 saturated heterocycles. The second-order valence-electron chi connectivity index (χ2n) is 10.1. The predicted molar refractivity (Wildman–Crippen MR) is 146 cm³/mol. The molecule has 39 heavy (non-hydrogen) atoms. The van der Waals surface area contributed by atoms with Gasteiger partial charge in [0.2, 0.25) is 0 Å². The van der Waals surface area contributed by atoms with Crippen molar-refractivity contribution >= 4 is 18.1 Å². The second-order valence-corrected chi connectivity index (χ2v) is 10.1. The van der Waals surface area contributed by atoms with Crippen molar-refractivity contribution in [1.82, 2.24) is 0 Å². The van der Waals surface area contributed by atoms with Crippen LogP contribution in [0.2, 0.25) is 0 Å². The van der Waals surface area contributed by atoms with Crippen LogP contribution in [0.3, 0.4) is 0 Å². The molecule has 1 aliphatic rings. The standard InChI is InChI=1S/C31H38O8/c1-5-29(32)36-18-16-35-17-19-37-31(34)38-26-13-11-24(12-14-26)23-7-9-25(10-8-23)30(33)39-28-20-22(4)6-15-27(28)21(2)3/h5,7-14,21-22,27-28H,1,6,15-20H2,2-4H3. The minimum absolute atomic E-state index is 0.000988. The van der Waals surface area contributed by atoms with Crippen molar-refractivity contribution in [2.24, 2.45) is 17.8 Å². The Morgan fingerprint density at radius 2 is 1.51 bits per heavy atom. The summed E-state index contributed by atoms with van der Waals surface area (Å²) in [5.41, 5.74) is 2.36. The topological polar surface area (TPSA) is 97.4 Å². The Balaban J connectivity index is 1.44. The van der Waals surface area contributed by atoms with Gasteiger partial charge in [0, 0.05) is 6.08 Å². The fourth-order valence-electron chi connectivity index (χ4n) is 4.64. The van der Waals surface area contributed by atoms with E-state index in [2.05, 4.69) is 27.4 Å². The summed E-state index contributed by atoms with van der Waals surface area (Å²) in [6, 6.07) is 14.3. The number of carbonyl (C=O) groups is 3. The Labute approximate surface area is 230 Å². The average Bonchev–Trinajstić information content (AvgIpc) is 2.92. The number of esters is 2. The van der Waals surface area contributed by atoms with E-state index in [1.54, 1.807) is 24.3 Å². The molecule has 1 saturated carbocycles. The highest BCUT2D eigenvalue weighted by Crippen LogP contribution is 2.35. The molecule has 210 valence electrons. The molecule has 3 atom stereocenters. The fourth-order valence-corrected chi connectivity index (χ4v) is 4.64. The third-order valence-electron chi connectivity index (χ3n) is 6.82. The molecule has 2 aromatic rings. The molecule has 0 radical (unpaired) electrons. The number of hydrogen-bond acceptors (Lipinski definition) is 8. The van der Waals surface area contributed by atoms with Crippen molar-refractivity contribution in [2.45, 2.75) is 46.1 Å².